The van der Waals surface area contributed by atoms with Gasteiger partial charge in [0.2, 0.25) is 0 Å². The zero-order chi connectivity index (χ0) is 14.7. The zero-order valence-corrected chi connectivity index (χ0v) is 13.4. The van der Waals surface area contributed by atoms with E-state index < -0.39 is 0 Å². The second kappa shape index (κ2) is 6.73. The summed E-state index contributed by atoms with van der Waals surface area (Å²) in [5, 5.41) is 3.59. The number of aromatic nitrogens is 2. The molecule has 116 valence electrons. The molecule has 1 heterocycles. The quantitative estimate of drug-likeness (QED) is 0.925. The summed E-state index contributed by atoms with van der Waals surface area (Å²) in [7, 11) is 2.23. The molecule has 4 heteroatoms. The molecule has 0 atom stereocenters. The van der Waals surface area contributed by atoms with Gasteiger partial charge in [0.15, 0.2) is 0 Å². The molecule has 0 spiro atoms. The van der Waals surface area contributed by atoms with Crippen LogP contribution in [0.25, 0.3) is 0 Å². The summed E-state index contributed by atoms with van der Waals surface area (Å²) in [5.74, 6) is 1.20. The van der Waals surface area contributed by atoms with Crippen molar-refractivity contribution >= 4 is 5.82 Å². The van der Waals surface area contributed by atoms with Gasteiger partial charge in [-0.3, -0.25) is 0 Å². The second-order valence-electron chi connectivity index (χ2n) is 6.50. The van der Waals surface area contributed by atoms with Crippen LogP contribution in [-0.2, 0) is 12.8 Å². The van der Waals surface area contributed by atoms with Gasteiger partial charge >= 0.3 is 0 Å². The first kappa shape index (κ1) is 14.8. The summed E-state index contributed by atoms with van der Waals surface area (Å²) in [6, 6.07) is 1.36. The fourth-order valence-corrected chi connectivity index (χ4v) is 3.94. The third-order valence-corrected chi connectivity index (χ3v) is 5.17. The Morgan fingerprint density at radius 3 is 2.67 bits per heavy atom. The van der Waals surface area contributed by atoms with Crippen molar-refractivity contribution in [1.29, 1.82) is 0 Å². The molecule has 0 aliphatic heterocycles. The Kier molecular flexibility index (Phi) is 4.73. The van der Waals surface area contributed by atoms with Gasteiger partial charge in [0.1, 0.15) is 12.1 Å². The molecule has 0 aromatic carbocycles. The molecule has 1 aromatic heterocycles. The fraction of sp³-hybridized carbons (Fsp3) is 0.765. The number of rotatable bonds is 4. The van der Waals surface area contributed by atoms with E-state index in [4.69, 9.17) is 0 Å². The molecule has 1 N–H and O–H groups in total. The highest BCUT2D eigenvalue weighted by Crippen LogP contribution is 2.31. The number of fused-ring (bicyclic) bond motifs is 1. The summed E-state index contributed by atoms with van der Waals surface area (Å²) in [6.45, 7) is 3.29. The Labute approximate surface area is 128 Å². The Hall–Kier alpha value is -1.16. The normalized spacial score (nSPS) is 25.4. The molecule has 4 nitrogen and oxygen atoms in total. The number of anilines is 1. The smallest absolute Gasteiger partial charge is 0.135 e. The first-order valence-corrected chi connectivity index (χ1v) is 8.58. The second-order valence-corrected chi connectivity index (χ2v) is 6.50. The first-order chi connectivity index (χ1) is 10.3. The van der Waals surface area contributed by atoms with Gasteiger partial charge in [0.05, 0.1) is 0 Å². The Morgan fingerprint density at radius 2 is 1.90 bits per heavy atom. The highest BCUT2D eigenvalue weighted by atomic mass is 15.2. The average molecular weight is 288 g/mol. The third kappa shape index (κ3) is 3.20. The Balaban J connectivity index is 1.70. The van der Waals surface area contributed by atoms with Crippen LogP contribution in [0.1, 0.15) is 56.7 Å². The predicted molar refractivity (Wildman–Crippen MR) is 86.8 cm³/mol. The average Bonchev–Trinajstić information content (AvgIpc) is 2.55. The first-order valence-electron chi connectivity index (χ1n) is 8.58. The van der Waals surface area contributed by atoms with Crippen LogP contribution < -0.4 is 10.2 Å². The minimum Gasteiger partial charge on any atom is -0.356 e. The lowest BCUT2D eigenvalue weighted by atomic mass is 9.89. The van der Waals surface area contributed by atoms with Gasteiger partial charge in [-0.25, -0.2) is 9.97 Å². The van der Waals surface area contributed by atoms with Crippen molar-refractivity contribution in [1.82, 2.24) is 15.3 Å². The van der Waals surface area contributed by atoms with Crippen molar-refractivity contribution in [3.63, 3.8) is 0 Å². The molecule has 0 amide bonds. The molecule has 3 rings (SSSR count). The minimum atomic E-state index is 0.640. The summed E-state index contributed by atoms with van der Waals surface area (Å²) >= 11 is 0. The number of aryl methyl sites for hydroxylation is 1. The van der Waals surface area contributed by atoms with Crippen LogP contribution in [0.15, 0.2) is 6.33 Å². The van der Waals surface area contributed by atoms with Gasteiger partial charge in [0.25, 0.3) is 0 Å². The number of nitrogens with zero attached hydrogens (tertiary/aromatic N) is 3. The molecule has 0 bridgehead atoms. The van der Waals surface area contributed by atoms with Crippen LogP contribution in [0, 0.1) is 0 Å². The lowest BCUT2D eigenvalue weighted by Gasteiger charge is -2.37. The zero-order valence-electron chi connectivity index (χ0n) is 13.4. The van der Waals surface area contributed by atoms with Crippen molar-refractivity contribution < 1.29 is 0 Å². The molecular weight excluding hydrogens is 260 g/mol. The van der Waals surface area contributed by atoms with Crippen molar-refractivity contribution in [2.75, 3.05) is 18.5 Å². The van der Waals surface area contributed by atoms with E-state index in [9.17, 15) is 0 Å². The monoisotopic (exact) mass is 288 g/mol. The fourth-order valence-electron chi connectivity index (χ4n) is 3.94. The van der Waals surface area contributed by atoms with Crippen molar-refractivity contribution in [3.05, 3.63) is 17.6 Å². The number of hydrogen-bond donors (Lipinski definition) is 1. The lowest BCUT2D eigenvalue weighted by molar-refractivity contribution is 0.340. The van der Waals surface area contributed by atoms with Gasteiger partial charge in [-0.05, 0) is 57.9 Å². The molecule has 0 unspecified atom stereocenters. The maximum absolute atomic E-state index is 4.62. The summed E-state index contributed by atoms with van der Waals surface area (Å²) in [5.41, 5.74) is 2.71. The van der Waals surface area contributed by atoms with Gasteiger partial charge < -0.3 is 10.2 Å². The Bertz CT molecular complexity index is 466. The van der Waals surface area contributed by atoms with E-state index in [0.29, 0.717) is 6.04 Å². The van der Waals surface area contributed by atoms with Crippen LogP contribution in [0.5, 0.6) is 0 Å². The maximum Gasteiger partial charge on any atom is 0.135 e. The van der Waals surface area contributed by atoms with Gasteiger partial charge in [-0.2, -0.15) is 0 Å². The predicted octanol–water partition coefficient (Wildman–Crippen LogP) is 2.71. The van der Waals surface area contributed by atoms with Crippen LogP contribution in [0.3, 0.4) is 0 Å². The number of nitrogens with one attached hydrogen (secondary N) is 1. The molecule has 0 saturated heterocycles. The van der Waals surface area contributed by atoms with E-state index >= 15 is 0 Å². The highest BCUT2D eigenvalue weighted by molar-refractivity contribution is 5.49. The standard InChI is InChI=1S/C17H28N4/c1-3-18-13-8-10-14(11-9-13)21(2)17-15-6-4-5-7-16(15)19-12-20-17/h12-14,18H,3-11H2,1-2H3. The largest absolute Gasteiger partial charge is 0.356 e. The summed E-state index contributed by atoms with van der Waals surface area (Å²) in [6.07, 6.45) is 11.7. The molecular formula is C17H28N4. The third-order valence-electron chi connectivity index (χ3n) is 5.17. The Morgan fingerprint density at radius 1 is 1.14 bits per heavy atom. The highest BCUT2D eigenvalue weighted by Gasteiger charge is 2.26. The molecule has 1 fully saturated rings. The summed E-state index contributed by atoms with van der Waals surface area (Å²) in [4.78, 5) is 11.6. The number of hydrogen-bond acceptors (Lipinski definition) is 4. The van der Waals surface area contributed by atoms with Crippen LogP contribution >= 0.6 is 0 Å². The van der Waals surface area contributed by atoms with Gasteiger partial charge in [-0.15, -0.1) is 0 Å². The van der Waals surface area contributed by atoms with Crippen molar-refractivity contribution in [2.24, 2.45) is 0 Å². The molecule has 2 aliphatic carbocycles. The maximum atomic E-state index is 4.62. The van der Waals surface area contributed by atoms with Crippen LogP contribution in [0.4, 0.5) is 5.82 Å². The van der Waals surface area contributed by atoms with Gasteiger partial charge in [0, 0.05) is 30.4 Å². The van der Waals surface area contributed by atoms with Crippen LogP contribution in [-0.4, -0.2) is 35.6 Å². The SMILES string of the molecule is CCNC1CCC(N(C)c2ncnc3c2CCCC3)CC1. The van der Waals surface area contributed by atoms with E-state index in [1.807, 2.05) is 0 Å². The van der Waals surface area contributed by atoms with E-state index in [-0.39, 0.29) is 0 Å². The molecule has 21 heavy (non-hydrogen) atoms. The van der Waals surface area contributed by atoms with Gasteiger partial charge in [-0.1, -0.05) is 6.92 Å². The lowest BCUT2D eigenvalue weighted by Crippen LogP contribution is -2.41. The van der Waals surface area contributed by atoms with Crippen LogP contribution in [0.2, 0.25) is 0 Å². The minimum absolute atomic E-state index is 0.640. The topological polar surface area (TPSA) is 41.0 Å². The van der Waals surface area contributed by atoms with E-state index in [2.05, 4.69) is 34.2 Å². The molecule has 2 aliphatic rings. The van der Waals surface area contributed by atoms with E-state index in [1.165, 1.54) is 55.6 Å². The molecule has 0 radical (unpaired) electrons. The molecule has 1 aromatic rings. The van der Waals surface area contributed by atoms with Crippen molar-refractivity contribution in [2.45, 2.75) is 70.4 Å². The van der Waals surface area contributed by atoms with Crippen molar-refractivity contribution in [3.8, 4) is 0 Å². The summed E-state index contributed by atoms with van der Waals surface area (Å²) < 4.78 is 0. The van der Waals surface area contributed by atoms with E-state index in [0.717, 1.165) is 25.4 Å². The molecule has 1 saturated carbocycles. The van der Waals surface area contributed by atoms with E-state index in [1.54, 1.807) is 6.33 Å².